The predicted molar refractivity (Wildman–Crippen MR) is 84.6 cm³/mol. The molecular weight excluding hydrogens is 280 g/mol. The van der Waals surface area contributed by atoms with Gasteiger partial charge in [0.25, 0.3) is 0 Å². The van der Waals surface area contributed by atoms with Crippen molar-refractivity contribution in [2.45, 2.75) is 24.8 Å². The first-order chi connectivity index (χ1) is 10.3. The topological polar surface area (TPSA) is 43.6 Å². The van der Waals surface area contributed by atoms with E-state index in [-0.39, 0.29) is 0 Å². The van der Waals surface area contributed by atoms with Crippen LogP contribution >= 0.6 is 11.8 Å². The summed E-state index contributed by atoms with van der Waals surface area (Å²) in [7, 11) is 0. The quantitative estimate of drug-likeness (QED) is 0.690. The molecule has 5 heteroatoms. The van der Waals surface area contributed by atoms with Gasteiger partial charge in [-0.1, -0.05) is 36.0 Å². The normalized spacial score (nSPS) is 10.8. The van der Waals surface area contributed by atoms with Gasteiger partial charge in [0, 0.05) is 18.1 Å². The molecule has 21 heavy (non-hydrogen) atoms. The molecule has 106 valence electrons. The largest absolute Gasteiger partial charge is 0.274 e. The molecule has 0 amide bonds. The van der Waals surface area contributed by atoms with Crippen molar-refractivity contribution < 1.29 is 0 Å². The van der Waals surface area contributed by atoms with Gasteiger partial charge in [0.2, 0.25) is 0 Å². The second-order valence-electron chi connectivity index (χ2n) is 4.80. The molecule has 0 saturated carbocycles. The van der Waals surface area contributed by atoms with Gasteiger partial charge in [-0.2, -0.15) is 0 Å². The van der Waals surface area contributed by atoms with Crippen LogP contribution in [0.1, 0.15) is 17.0 Å². The number of pyridine rings is 1. The summed E-state index contributed by atoms with van der Waals surface area (Å²) in [4.78, 5) is 4.14. The first kappa shape index (κ1) is 13.8. The van der Waals surface area contributed by atoms with Gasteiger partial charge >= 0.3 is 0 Å². The molecule has 1 aromatic carbocycles. The standard InChI is InChI=1S/C16H16N4S/c1-12-6-3-4-8-15(12)20-13(2)18-19-16(20)21-11-14-7-5-9-17-10-14/h3-10H,11H2,1-2H3. The Balaban J connectivity index is 1.89. The molecule has 0 bridgehead atoms. The van der Waals surface area contributed by atoms with Crippen LogP contribution in [0.2, 0.25) is 0 Å². The molecule has 2 heterocycles. The lowest BCUT2D eigenvalue weighted by Gasteiger charge is -2.10. The zero-order valence-electron chi connectivity index (χ0n) is 12.0. The summed E-state index contributed by atoms with van der Waals surface area (Å²) in [6, 6.07) is 12.3. The Bertz CT molecular complexity index is 737. The molecule has 0 aliphatic carbocycles. The molecular formula is C16H16N4S. The van der Waals surface area contributed by atoms with E-state index in [1.165, 1.54) is 11.1 Å². The number of rotatable bonds is 4. The van der Waals surface area contributed by atoms with Crippen LogP contribution in [0, 0.1) is 13.8 Å². The van der Waals surface area contributed by atoms with E-state index in [0.29, 0.717) is 0 Å². The fraction of sp³-hybridized carbons (Fsp3) is 0.188. The average molecular weight is 296 g/mol. The molecule has 0 unspecified atom stereocenters. The van der Waals surface area contributed by atoms with Crippen LogP contribution in [0.3, 0.4) is 0 Å². The first-order valence-corrected chi connectivity index (χ1v) is 7.74. The van der Waals surface area contributed by atoms with Crippen molar-refractivity contribution in [3.05, 3.63) is 65.7 Å². The number of aryl methyl sites for hydroxylation is 2. The fourth-order valence-corrected chi connectivity index (χ4v) is 3.08. The number of hydrogen-bond acceptors (Lipinski definition) is 4. The summed E-state index contributed by atoms with van der Waals surface area (Å²) in [6.45, 7) is 4.08. The minimum Gasteiger partial charge on any atom is -0.274 e. The first-order valence-electron chi connectivity index (χ1n) is 6.75. The predicted octanol–water partition coefficient (Wildman–Crippen LogP) is 3.57. The molecule has 0 fully saturated rings. The van der Waals surface area contributed by atoms with Crippen LogP contribution in [0.15, 0.2) is 53.9 Å². The van der Waals surface area contributed by atoms with Crippen molar-refractivity contribution in [3.63, 3.8) is 0 Å². The highest BCUT2D eigenvalue weighted by molar-refractivity contribution is 7.98. The molecule has 2 aromatic heterocycles. The molecule has 0 atom stereocenters. The highest BCUT2D eigenvalue weighted by Gasteiger charge is 2.12. The maximum absolute atomic E-state index is 4.30. The molecule has 0 aliphatic heterocycles. The summed E-state index contributed by atoms with van der Waals surface area (Å²) in [5.74, 6) is 1.73. The van der Waals surface area contributed by atoms with Gasteiger partial charge in [0.15, 0.2) is 5.16 Å². The summed E-state index contributed by atoms with van der Waals surface area (Å²) < 4.78 is 2.11. The molecule has 3 rings (SSSR count). The zero-order chi connectivity index (χ0) is 14.7. The zero-order valence-corrected chi connectivity index (χ0v) is 12.8. The lowest BCUT2D eigenvalue weighted by molar-refractivity contribution is 0.861. The van der Waals surface area contributed by atoms with Gasteiger partial charge in [-0.05, 0) is 37.1 Å². The summed E-state index contributed by atoms with van der Waals surface area (Å²) in [6.07, 6.45) is 3.67. The molecule has 0 saturated heterocycles. The van der Waals surface area contributed by atoms with Gasteiger partial charge < -0.3 is 0 Å². The third-order valence-corrected chi connectivity index (χ3v) is 4.24. The van der Waals surface area contributed by atoms with Crippen molar-refractivity contribution in [2.75, 3.05) is 0 Å². The molecule has 0 radical (unpaired) electrons. The lowest BCUT2D eigenvalue weighted by Crippen LogP contribution is -2.01. The van der Waals surface area contributed by atoms with E-state index in [2.05, 4.69) is 44.9 Å². The van der Waals surface area contributed by atoms with Crippen molar-refractivity contribution in [2.24, 2.45) is 0 Å². The van der Waals surface area contributed by atoms with E-state index in [1.54, 1.807) is 18.0 Å². The van der Waals surface area contributed by atoms with Crippen molar-refractivity contribution in [1.82, 2.24) is 19.7 Å². The van der Waals surface area contributed by atoms with Gasteiger partial charge in [0.1, 0.15) is 5.82 Å². The Morgan fingerprint density at radius 3 is 2.67 bits per heavy atom. The van der Waals surface area contributed by atoms with Gasteiger partial charge in [-0.3, -0.25) is 9.55 Å². The van der Waals surface area contributed by atoms with Crippen LogP contribution in [-0.2, 0) is 5.75 Å². The van der Waals surface area contributed by atoms with Crippen LogP contribution < -0.4 is 0 Å². The van der Waals surface area contributed by atoms with E-state index < -0.39 is 0 Å². The van der Waals surface area contributed by atoms with Gasteiger partial charge in [-0.25, -0.2) is 0 Å². The third kappa shape index (κ3) is 2.97. The number of para-hydroxylation sites is 1. The van der Waals surface area contributed by atoms with E-state index in [1.807, 2.05) is 31.3 Å². The van der Waals surface area contributed by atoms with E-state index >= 15 is 0 Å². The Kier molecular flexibility index (Phi) is 4.01. The smallest absolute Gasteiger partial charge is 0.196 e. The SMILES string of the molecule is Cc1ccccc1-n1c(C)nnc1SCc1cccnc1. The average Bonchev–Trinajstić information content (AvgIpc) is 2.88. The summed E-state index contributed by atoms with van der Waals surface area (Å²) in [5, 5.41) is 9.43. The van der Waals surface area contributed by atoms with Crippen LogP contribution in [0.4, 0.5) is 0 Å². The van der Waals surface area contributed by atoms with Crippen molar-refractivity contribution in [3.8, 4) is 5.69 Å². The molecule has 0 N–H and O–H groups in total. The Hall–Kier alpha value is -2.14. The Morgan fingerprint density at radius 2 is 1.90 bits per heavy atom. The van der Waals surface area contributed by atoms with Crippen molar-refractivity contribution in [1.29, 1.82) is 0 Å². The van der Waals surface area contributed by atoms with Crippen LogP contribution in [0.25, 0.3) is 5.69 Å². The third-order valence-electron chi connectivity index (χ3n) is 3.24. The second-order valence-corrected chi connectivity index (χ2v) is 5.74. The summed E-state index contributed by atoms with van der Waals surface area (Å²) >= 11 is 1.67. The maximum atomic E-state index is 4.30. The Labute approximate surface area is 128 Å². The van der Waals surface area contributed by atoms with Crippen molar-refractivity contribution >= 4 is 11.8 Å². The molecule has 3 aromatic rings. The molecule has 0 aliphatic rings. The van der Waals surface area contributed by atoms with Gasteiger partial charge in [-0.15, -0.1) is 10.2 Å². The number of thioether (sulfide) groups is 1. The van der Waals surface area contributed by atoms with E-state index in [9.17, 15) is 0 Å². The van der Waals surface area contributed by atoms with E-state index in [0.717, 1.165) is 22.4 Å². The fourth-order valence-electron chi connectivity index (χ4n) is 2.16. The lowest BCUT2D eigenvalue weighted by atomic mass is 10.2. The maximum Gasteiger partial charge on any atom is 0.196 e. The number of aromatic nitrogens is 4. The minimum atomic E-state index is 0.831. The Morgan fingerprint density at radius 1 is 1.05 bits per heavy atom. The highest BCUT2D eigenvalue weighted by Crippen LogP contribution is 2.26. The monoisotopic (exact) mass is 296 g/mol. The van der Waals surface area contributed by atoms with E-state index in [4.69, 9.17) is 0 Å². The highest BCUT2D eigenvalue weighted by atomic mass is 32.2. The number of hydrogen-bond donors (Lipinski definition) is 0. The number of benzene rings is 1. The summed E-state index contributed by atoms with van der Waals surface area (Å²) in [5.41, 5.74) is 3.52. The number of nitrogens with zero attached hydrogens (tertiary/aromatic N) is 4. The minimum absolute atomic E-state index is 0.831. The van der Waals surface area contributed by atoms with Crippen LogP contribution in [0.5, 0.6) is 0 Å². The van der Waals surface area contributed by atoms with Gasteiger partial charge in [0.05, 0.1) is 5.69 Å². The second kappa shape index (κ2) is 6.10. The molecule has 0 spiro atoms. The van der Waals surface area contributed by atoms with Crippen LogP contribution in [-0.4, -0.2) is 19.7 Å². The molecule has 4 nitrogen and oxygen atoms in total.